The van der Waals surface area contributed by atoms with Gasteiger partial charge in [-0.1, -0.05) is 0 Å². The van der Waals surface area contributed by atoms with Gasteiger partial charge in [0.15, 0.2) is 0 Å². The van der Waals surface area contributed by atoms with E-state index in [0.717, 1.165) is 19.1 Å². The number of rotatable bonds is 5. The van der Waals surface area contributed by atoms with E-state index in [0.29, 0.717) is 19.1 Å². The van der Waals surface area contributed by atoms with Crippen LogP contribution < -0.4 is 15.4 Å². The third kappa shape index (κ3) is 5.99. The highest BCUT2D eigenvalue weighted by atomic mass is 32.2. The lowest BCUT2D eigenvalue weighted by Gasteiger charge is -2.26. The van der Waals surface area contributed by atoms with Crippen LogP contribution in [-0.2, 0) is 14.8 Å². The molecule has 0 aromatic heterocycles. The summed E-state index contributed by atoms with van der Waals surface area (Å²) in [5, 5.41) is 5.99. The number of amides is 1. The van der Waals surface area contributed by atoms with Gasteiger partial charge in [-0.25, -0.2) is 13.1 Å². The van der Waals surface area contributed by atoms with Crippen LogP contribution in [-0.4, -0.2) is 46.3 Å². The molecule has 0 spiro atoms. The van der Waals surface area contributed by atoms with Crippen molar-refractivity contribution < 1.29 is 13.2 Å². The van der Waals surface area contributed by atoms with Gasteiger partial charge in [0.1, 0.15) is 0 Å². The van der Waals surface area contributed by atoms with Gasteiger partial charge in [0, 0.05) is 25.7 Å². The number of hydrogen-bond acceptors (Lipinski definition) is 4. The van der Waals surface area contributed by atoms with Gasteiger partial charge in [-0.05, 0) is 19.8 Å². The first-order valence-electron chi connectivity index (χ1n) is 5.84. The van der Waals surface area contributed by atoms with E-state index >= 15 is 0 Å². The molecular formula is C10H21N3O3S. The Labute approximate surface area is 103 Å². The molecule has 1 aliphatic heterocycles. The Kier molecular flexibility index (Phi) is 5.35. The van der Waals surface area contributed by atoms with Crippen LogP contribution in [0, 0.1) is 5.92 Å². The Hall–Kier alpha value is -0.660. The van der Waals surface area contributed by atoms with Gasteiger partial charge in [0.2, 0.25) is 15.9 Å². The quantitative estimate of drug-likeness (QED) is 0.558. The fourth-order valence-corrected chi connectivity index (χ4v) is 2.26. The highest BCUT2D eigenvalue weighted by Crippen LogP contribution is 2.13. The predicted molar refractivity (Wildman–Crippen MR) is 66.0 cm³/mol. The van der Waals surface area contributed by atoms with Crippen molar-refractivity contribution in [1.82, 2.24) is 15.4 Å². The molecule has 0 radical (unpaired) electrons. The van der Waals surface area contributed by atoms with Crippen molar-refractivity contribution in [3.05, 3.63) is 0 Å². The Morgan fingerprint density at radius 2 is 2.06 bits per heavy atom. The van der Waals surface area contributed by atoms with Gasteiger partial charge in [-0.15, -0.1) is 0 Å². The molecule has 3 N–H and O–H groups in total. The predicted octanol–water partition coefficient (Wildman–Crippen LogP) is -0.960. The Balaban J connectivity index is 2.17. The van der Waals surface area contributed by atoms with Crippen molar-refractivity contribution in [3.63, 3.8) is 0 Å². The molecule has 0 saturated carbocycles. The zero-order valence-electron chi connectivity index (χ0n) is 10.3. The lowest BCUT2D eigenvalue weighted by atomic mass is 9.95. The second-order valence-electron chi connectivity index (χ2n) is 4.54. The molecule has 6 nitrogen and oxygen atoms in total. The Morgan fingerprint density at radius 3 is 2.59 bits per heavy atom. The molecule has 17 heavy (non-hydrogen) atoms. The van der Waals surface area contributed by atoms with Gasteiger partial charge in [0.05, 0.1) is 12.2 Å². The maximum absolute atomic E-state index is 11.7. The average molecular weight is 263 g/mol. The molecular weight excluding hydrogens is 242 g/mol. The SMILES string of the molecule is CC1CCC(C(=O)NCCNS(C)(=O)=O)CN1. The molecule has 0 aliphatic carbocycles. The smallest absolute Gasteiger partial charge is 0.224 e. The van der Waals surface area contributed by atoms with Crippen molar-refractivity contribution in [2.24, 2.45) is 5.92 Å². The molecule has 1 fully saturated rings. The highest BCUT2D eigenvalue weighted by molar-refractivity contribution is 7.88. The molecule has 2 atom stereocenters. The van der Waals surface area contributed by atoms with E-state index < -0.39 is 10.0 Å². The van der Waals surface area contributed by atoms with Crippen molar-refractivity contribution in [2.75, 3.05) is 25.9 Å². The van der Waals surface area contributed by atoms with Crippen LogP contribution in [0.2, 0.25) is 0 Å². The zero-order chi connectivity index (χ0) is 12.9. The lowest BCUT2D eigenvalue weighted by molar-refractivity contribution is -0.125. The highest BCUT2D eigenvalue weighted by Gasteiger charge is 2.23. The fourth-order valence-electron chi connectivity index (χ4n) is 1.79. The van der Waals surface area contributed by atoms with E-state index in [1.54, 1.807) is 0 Å². The number of piperidine rings is 1. The average Bonchev–Trinajstić information content (AvgIpc) is 2.24. The summed E-state index contributed by atoms with van der Waals surface area (Å²) < 4.78 is 23.9. The third-order valence-corrected chi connectivity index (χ3v) is 3.55. The first-order chi connectivity index (χ1) is 7.88. The lowest BCUT2D eigenvalue weighted by Crippen LogP contribution is -2.45. The van der Waals surface area contributed by atoms with Gasteiger partial charge in [-0.3, -0.25) is 4.79 Å². The molecule has 1 heterocycles. The maximum atomic E-state index is 11.7. The first kappa shape index (κ1) is 14.4. The van der Waals surface area contributed by atoms with Crippen molar-refractivity contribution in [2.45, 2.75) is 25.8 Å². The minimum Gasteiger partial charge on any atom is -0.355 e. The molecule has 0 aromatic carbocycles. The Bertz CT molecular complexity index is 348. The molecule has 0 aromatic rings. The van der Waals surface area contributed by atoms with E-state index in [9.17, 15) is 13.2 Å². The second-order valence-corrected chi connectivity index (χ2v) is 6.37. The largest absolute Gasteiger partial charge is 0.355 e. The summed E-state index contributed by atoms with van der Waals surface area (Å²) in [6, 6.07) is 0.478. The summed E-state index contributed by atoms with van der Waals surface area (Å²) in [4.78, 5) is 11.7. The maximum Gasteiger partial charge on any atom is 0.224 e. The Morgan fingerprint density at radius 1 is 1.35 bits per heavy atom. The third-order valence-electron chi connectivity index (χ3n) is 2.82. The molecule has 0 bridgehead atoms. The first-order valence-corrected chi connectivity index (χ1v) is 7.73. The van der Waals surface area contributed by atoms with Crippen LogP contribution in [0.25, 0.3) is 0 Å². The van der Waals surface area contributed by atoms with E-state index in [4.69, 9.17) is 0 Å². The molecule has 1 saturated heterocycles. The standard InChI is InChI=1S/C10H21N3O3S/c1-8-3-4-9(7-12-8)10(14)11-5-6-13-17(2,15)16/h8-9,12-13H,3-7H2,1-2H3,(H,11,14). The van der Waals surface area contributed by atoms with Crippen LogP contribution >= 0.6 is 0 Å². The van der Waals surface area contributed by atoms with Crippen LogP contribution in [0.3, 0.4) is 0 Å². The van der Waals surface area contributed by atoms with E-state index in [-0.39, 0.29) is 18.4 Å². The van der Waals surface area contributed by atoms with Crippen LogP contribution in [0.15, 0.2) is 0 Å². The number of carbonyl (C=O) groups excluding carboxylic acids is 1. The van der Waals surface area contributed by atoms with Crippen LogP contribution in [0.5, 0.6) is 0 Å². The minimum atomic E-state index is -3.17. The zero-order valence-corrected chi connectivity index (χ0v) is 11.1. The van der Waals surface area contributed by atoms with Gasteiger partial charge >= 0.3 is 0 Å². The molecule has 1 amide bonds. The van der Waals surface area contributed by atoms with Gasteiger partial charge in [-0.2, -0.15) is 0 Å². The van der Waals surface area contributed by atoms with E-state index in [1.165, 1.54) is 0 Å². The number of carbonyl (C=O) groups is 1. The van der Waals surface area contributed by atoms with E-state index in [1.807, 2.05) is 0 Å². The van der Waals surface area contributed by atoms with Crippen molar-refractivity contribution in [3.8, 4) is 0 Å². The fraction of sp³-hybridized carbons (Fsp3) is 0.900. The van der Waals surface area contributed by atoms with Crippen molar-refractivity contribution in [1.29, 1.82) is 0 Å². The monoisotopic (exact) mass is 263 g/mol. The van der Waals surface area contributed by atoms with Crippen molar-refractivity contribution >= 4 is 15.9 Å². The summed E-state index contributed by atoms with van der Waals surface area (Å²) in [5.41, 5.74) is 0. The van der Waals surface area contributed by atoms with E-state index in [2.05, 4.69) is 22.3 Å². The normalized spacial score (nSPS) is 25.5. The van der Waals surface area contributed by atoms with Crippen LogP contribution in [0.1, 0.15) is 19.8 Å². The number of sulfonamides is 1. The van der Waals surface area contributed by atoms with Gasteiger partial charge < -0.3 is 10.6 Å². The minimum absolute atomic E-state index is 0.000277. The summed E-state index contributed by atoms with van der Waals surface area (Å²) in [7, 11) is -3.17. The topological polar surface area (TPSA) is 87.3 Å². The van der Waals surface area contributed by atoms with Crippen LogP contribution in [0.4, 0.5) is 0 Å². The molecule has 2 unspecified atom stereocenters. The molecule has 7 heteroatoms. The number of nitrogens with one attached hydrogen (secondary N) is 3. The summed E-state index contributed by atoms with van der Waals surface area (Å²) >= 11 is 0. The second kappa shape index (κ2) is 6.32. The molecule has 1 aliphatic rings. The summed E-state index contributed by atoms with van der Waals surface area (Å²) in [5.74, 6) is 0.00383. The van der Waals surface area contributed by atoms with Gasteiger partial charge in [0.25, 0.3) is 0 Å². The summed E-state index contributed by atoms with van der Waals surface area (Å²) in [6.07, 6.45) is 2.99. The summed E-state index contributed by atoms with van der Waals surface area (Å²) in [6.45, 7) is 3.37. The molecule has 100 valence electrons. The number of hydrogen-bond donors (Lipinski definition) is 3. The molecule has 1 rings (SSSR count).